The molecule has 0 saturated carbocycles. The van der Waals surface area contributed by atoms with Crippen LogP contribution in [-0.4, -0.2) is 0 Å². The summed E-state index contributed by atoms with van der Waals surface area (Å²) in [5.41, 5.74) is 1.07. The SMILES string of the molecule is CC(C)C/C=C/C#Cc1ccccc1. The molecule has 0 aliphatic heterocycles. The summed E-state index contributed by atoms with van der Waals surface area (Å²) in [6.07, 6.45) is 5.16. The molecule has 0 aromatic heterocycles. The van der Waals surface area contributed by atoms with Crippen molar-refractivity contribution < 1.29 is 0 Å². The number of rotatable bonds is 2. The van der Waals surface area contributed by atoms with Crippen molar-refractivity contribution in [2.75, 3.05) is 0 Å². The zero-order valence-electron chi connectivity index (χ0n) is 8.83. The number of benzene rings is 1. The predicted molar refractivity (Wildman–Crippen MR) is 61.9 cm³/mol. The van der Waals surface area contributed by atoms with Gasteiger partial charge in [0.15, 0.2) is 0 Å². The third kappa shape index (κ3) is 4.52. The second kappa shape index (κ2) is 6.05. The van der Waals surface area contributed by atoms with Crippen molar-refractivity contribution in [2.45, 2.75) is 20.3 Å². The molecule has 0 radical (unpaired) electrons. The van der Waals surface area contributed by atoms with Gasteiger partial charge in [-0.2, -0.15) is 0 Å². The number of allylic oxidation sites excluding steroid dienone is 2. The molecule has 0 atom stereocenters. The molecule has 0 heterocycles. The third-order valence-electron chi connectivity index (χ3n) is 1.80. The molecule has 14 heavy (non-hydrogen) atoms. The summed E-state index contributed by atoms with van der Waals surface area (Å²) in [6.45, 7) is 4.41. The smallest absolute Gasteiger partial charge is 0.0248 e. The molecule has 72 valence electrons. The van der Waals surface area contributed by atoms with Crippen molar-refractivity contribution in [2.24, 2.45) is 5.92 Å². The topological polar surface area (TPSA) is 0 Å². The van der Waals surface area contributed by atoms with Crippen molar-refractivity contribution in [3.05, 3.63) is 48.0 Å². The van der Waals surface area contributed by atoms with Crippen LogP contribution in [0.1, 0.15) is 25.8 Å². The quantitative estimate of drug-likeness (QED) is 0.615. The van der Waals surface area contributed by atoms with Gasteiger partial charge in [-0.3, -0.25) is 0 Å². The summed E-state index contributed by atoms with van der Waals surface area (Å²) < 4.78 is 0. The maximum absolute atomic E-state index is 3.08. The molecule has 0 N–H and O–H groups in total. The van der Waals surface area contributed by atoms with Crippen LogP contribution in [0.15, 0.2) is 42.5 Å². The molecule has 0 unspecified atom stereocenters. The zero-order chi connectivity index (χ0) is 10.2. The average Bonchev–Trinajstić information content (AvgIpc) is 2.18. The Morgan fingerprint density at radius 3 is 2.57 bits per heavy atom. The highest BCUT2D eigenvalue weighted by molar-refractivity contribution is 5.36. The Labute approximate surface area is 86.7 Å². The molecule has 0 amide bonds. The van der Waals surface area contributed by atoms with Crippen molar-refractivity contribution in [3.63, 3.8) is 0 Å². The molecule has 0 fully saturated rings. The summed E-state index contributed by atoms with van der Waals surface area (Å²) in [5, 5.41) is 0. The summed E-state index contributed by atoms with van der Waals surface area (Å²) in [4.78, 5) is 0. The maximum atomic E-state index is 3.08. The van der Waals surface area contributed by atoms with Crippen LogP contribution in [0, 0.1) is 17.8 Å². The molecular weight excluding hydrogens is 168 g/mol. The van der Waals surface area contributed by atoms with Gasteiger partial charge in [-0.15, -0.1) is 0 Å². The molecular formula is C14H16. The number of hydrogen-bond donors (Lipinski definition) is 0. The minimum absolute atomic E-state index is 0.713. The highest BCUT2D eigenvalue weighted by Crippen LogP contribution is 1.99. The van der Waals surface area contributed by atoms with Crippen molar-refractivity contribution in [1.29, 1.82) is 0 Å². The van der Waals surface area contributed by atoms with E-state index in [2.05, 4.69) is 31.8 Å². The Morgan fingerprint density at radius 2 is 1.93 bits per heavy atom. The van der Waals surface area contributed by atoms with E-state index in [0.717, 1.165) is 12.0 Å². The van der Waals surface area contributed by atoms with Crippen molar-refractivity contribution >= 4 is 0 Å². The third-order valence-corrected chi connectivity index (χ3v) is 1.80. The van der Waals surface area contributed by atoms with E-state index < -0.39 is 0 Å². The second-order valence-corrected chi connectivity index (χ2v) is 3.67. The van der Waals surface area contributed by atoms with Gasteiger partial charge < -0.3 is 0 Å². The summed E-state index contributed by atoms with van der Waals surface area (Å²) in [7, 11) is 0. The van der Waals surface area contributed by atoms with Crippen LogP contribution < -0.4 is 0 Å². The normalized spacial score (nSPS) is 10.2. The Bertz CT molecular complexity index is 333. The predicted octanol–water partition coefficient (Wildman–Crippen LogP) is 3.64. The molecule has 0 aliphatic carbocycles. The lowest BCUT2D eigenvalue weighted by atomic mass is 10.1. The van der Waals surface area contributed by atoms with Crippen LogP contribution in [0.3, 0.4) is 0 Å². The van der Waals surface area contributed by atoms with Crippen LogP contribution >= 0.6 is 0 Å². The zero-order valence-corrected chi connectivity index (χ0v) is 8.83. The number of hydrogen-bond acceptors (Lipinski definition) is 0. The first-order valence-electron chi connectivity index (χ1n) is 5.00. The molecule has 0 nitrogen and oxygen atoms in total. The van der Waals surface area contributed by atoms with E-state index in [4.69, 9.17) is 0 Å². The molecule has 0 saturated heterocycles. The minimum Gasteiger partial charge on any atom is -0.0759 e. The minimum atomic E-state index is 0.713. The van der Waals surface area contributed by atoms with Crippen LogP contribution in [0.4, 0.5) is 0 Å². The van der Waals surface area contributed by atoms with Gasteiger partial charge in [0, 0.05) is 5.56 Å². The van der Waals surface area contributed by atoms with Gasteiger partial charge in [0.1, 0.15) is 0 Å². The lowest BCUT2D eigenvalue weighted by Gasteiger charge is -1.93. The van der Waals surface area contributed by atoms with E-state index in [9.17, 15) is 0 Å². The first-order chi connectivity index (χ1) is 6.79. The Morgan fingerprint density at radius 1 is 1.21 bits per heavy atom. The summed E-state index contributed by atoms with van der Waals surface area (Å²) in [5.74, 6) is 6.82. The van der Waals surface area contributed by atoms with Gasteiger partial charge in [-0.25, -0.2) is 0 Å². The highest BCUT2D eigenvalue weighted by atomic mass is 13.9. The first-order valence-corrected chi connectivity index (χ1v) is 5.00. The van der Waals surface area contributed by atoms with Crippen LogP contribution in [0.25, 0.3) is 0 Å². The van der Waals surface area contributed by atoms with Gasteiger partial charge in [0.05, 0.1) is 0 Å². The van der Waals surface area contributed by atoms with Crippen LogP contribution in [0.2, 0.25) is 0 Å². The van der Waals surface area contributed by atoms with Gasteiger partial charge in [0.25, 0.3) is 0 Å². The van der Waals surface area contributed by atoms with E-state index in [-0.39, 0.29) is 0 Å². The Balaban J connectivity index is 2.45. The van der Waals surface area contributed by atoms with Gasteiger partial charge in [-0.05, 0) is 30.5 Å². The Kier molecular flexibility index (Phi) is 4.58. The van der Waals surface area contributed by atoms with E-state index in [1.54, 1.807) is 0 Å². The molecule has 0 heteroatoms. The van der Waals surface area contributed by atoms with Crippen molar-refractivity contribution in [3.8, 4) is 11.8 Å². The summed E-state index contributed by atoms with van der Waals surface area (Å²) in [6, 6.07) is 10.0. The van der Waals surface area contributed by atoms with Crippen LogP contribution in [0.5, 0.6) is 0 Å². The van der Waals surface area contributed by atoms with Gasteiger partial charge in [0.2, 0.25) is 0 Å². The Hall–Kier alpha value is -1.48. The average molecular weight is 184 g/mol. The van der Waals surface area contributed by atoms with E-state index in [1.807, 2.05) is 36.4 Å². The molecule has 1 aromatic carbocycles. The van der Waals surface area contributed by atoms with Crippen LogP contribution in [-0.2, 0) is 0 Å². The molecule has 1 rings (SSSR count). The molecule has 0 aliphatic rings. The molecule has 0 spiro atoms. The van der Waals surface area contributed by atoms with Crippen molar-refractivity contribution in [1.82, 2.24) is 0 Å². The van der Waals surface area contributed by atoms with E-state index >= 15 is 0 Å². The molecule has 1 aromatic rings. The molecule has 0 bridgehead atoms. The first kappa shape index (κ1) is 10.6. The fourth-order valence-corrected chi connectivity index (χ4v) is 1.05. The lowest BCUT2D eigenvalue weighted by molar-refractivity contribution is 0.664. The lowest BCUT2D eigenvalue weighted by Crippen LogP contribution is -1.80. The van der Waals surface area contributed by atoms with E-state index in [1.165, 1.54) is 0 Å². The maximum Gasteiger partial charge on any atom is 0.0248 e. The monoisotopic (exact) mass is 184 g/mol. The van der Waals surface area contributed by atoms with Gasteiger partial charge >= 0.3 is 0 Å². The fourth-order valence-electron chi connectivity index (χ4n) is 1.05. The summed E-state index contributed by atoms with van der Waals surface area (Å²) >= 11 is 0. The second-order valence-electron chi connectivity index (χ2n) is 3.67. The fraction of sp³-hybridized carbons (Fsp3) is 0.286. The highest BCUT2D eigenvalue weighted by Gasteiger charge is 1.85. The largest absolute Gasteiger partial charge is 0.0759 e. The van der Waals surface area contributed by atoms with E-state index in [0.29, 0.717) is 5.92 Å². The standard InChI is InChI=1S/C14H16/c1-13(2)9-5-3-6-10-14-11-7-4-8-12-14/h3-5,7-8,11-13H,9H2,1-2H3/b5-3+. The van der Waals surface area contributed by atoms with Gasteiger partial charge in [-0.1, -0.05) is 50.0 Å².